The van der Waals surface area contributed by atoms with E-state index in [4.69, 9.17) is 0 Å². The fourth-order valence-corrected chi connectivity index (χ4v) is 4.51. The Bertz CT molecular complexity index is 484. The summed E-state index contributed by atoms with van der Waals surface area (Å²) >= 11 is 0. The number of hydrogen-bond donors (Lipinski definition) is 0. The predicted molar refractivity (Wildman–Crippen MR) is 73.7 cm³/mol. The van der Waals surface area contributed by atoms with Gasteiger partial charge in [0.25, 0.3) is 0 Å². The second-order valence-electron chi connectivity index (χ2n) is 6.08. The lowest BCUT2D eigenvalue weighted by molar-refractivity contribution is -0.153. The van der Waals surface area contributed by atoms with Crippen molar-refractivity contribution in [1.29, 1.82) is 0 Å². The summed E-state index contributed by atoms with van der Waals surface area (Å²) in [5.41, 5.74) is 2.89. The van der Waals surface area contributed by atoms with E-state index in [0.29, 0.717) is 23.5 Å². The van der Waals surface area contributed by atoms with Gasteiger partial charge in [0.05, 0.1) is 0 Å². The molecule has 3 rings (SSSR count). The van der Waals surface area contributed by atoms with Crippen molar-refractivity contribution in [3.05, 3.63) is 35.4 Å². The molecule has 3 unspecified atom stereocenters. The Kier molecular flexibility index (Phi) is 2.62. The molecule has 18 heavy (non-hydrogen) atoms. The molecule has 1 aromatic rings. The third-order valence-electron chi connectivity index (χ3n) is 5.56. The van der Waals surface area contributed by atoms with Gasteiger partial charge in [-0.25, -0.2) is 0 Å². The monoisotopic (exact) mass is 242 g/mol. The van der Waals surface area contributed by atoms with Crippen molar-refractivity contribution < 1.29 is 4.79 Å². The van der Waals surface area contributed by atoms with Crippen molar-refractivity contribution in [2.45, 2.75) is 51.9 Å². The van der Waals surface area contributed by atoms with E-state index in [9.17, 15) is 4.79 Å². The Morgan fingerprint density at radius 3 is 2.39 bits per heavy atom. The minimum atomic E-state index is -0.0547. The first-order chi connectivity index (χ1) is 8.65. The second-order valence-corrected chi connectivity index (χ2v) is 6.08. The van der Waals surface area contributed by atoms with Gasteiger partial charge in [-0.1, -0.05) is 45.0 Å². The number of fused-ring (bicyclic) bond motifs is 3. The maximum atomic E-state index is 12.5. The van der Waals surface area contributed by atoms with E-state index < -0.39 is 0 Å². The number of carbonyl (C=O) groups excluding carboxylic acids is 1. The molecule has 0 bridgehead atoms. The van der Waals surface area contributed by atoms with Gasteiger partial charge >= 0.3 is 0 Å². The van der Waals surface area contributed by atoms with Crippen LogP contribution in [0, 0.1) is 11.3 Å². The Morgan fingerprint density at radius 1 is 1.17 bits per heavy atom. The average Bonchev–Trinajstić information content (AvgIpc) is 2.41. The minimum Gasteiger partial charge on any atom is -0.299 e. The van der Waals surface area contributed by atoms with Gasteiger partial charge in [-0.2, -0.15) is 0 Å². The molecule has 0 aliphatic heterocycles. The summed E-state index contributed by atoms with van der Waals surface area (Å²) in [7, 11) is 0. The molecule has 1 aromatic carbocycles. The molecule has 0 heterocycles. The van der Waals surface area contributed by atoms with Crippen LogP contribution in [0.15, 0.2) is 24.3 Å². The third-order valence-corrected chi connectivity index (χ3v) is 5.56. The summed E-state index contributed by atoms with van der Waals surface area (Å²) < 4.78 is 0. The molecule has 1 heteroatoms. The molecule has 0 saturated heterocycles. The van der Waals surface area contributed by atoms with E-state index in [-0.39, 0.29) is 5.41 Å². The summed E-state index contributed by atoms with van der Waals surface area (Å²) in [6.07, 6.45) is 3.04. The zero-order chi connectivity index (χ0) is 12.9. The summed E-state index contributed by atoms with van der Waals surface area (Å²) in [5.74, 6) is 1.87. The largest absolute Gasteiger partial charge is 0.299 e. The van der Waals surface area contributed by atoms with Crippen molar-refractivity contribution in [1.82, 2.24) is 0 Å². The molecule has 3 atom stereocenters. The third kappa shape index (κ3) is 1.25. The van der Waals surface area contributed by atoms with E-state index in [2.05, 4.69) is 45.0 Å². The van der Waals surface area contributed by atoms with Crippen LogP contribution in [0.4, 0.5) is 0 Å². The van der Waals surface area contributed by atoms with Gasteiger partial charge < -0.3 is 0 Å². The highest BCUT2D eigenvalue weighted by Gasteiger charge is 2.61. The van der Waals surface area contributed by atoms with Crippen LogP contribution in [0.2, 0.25) is 0 Å². The van der Waals surface area contributed by atoms with E-state index in [1.165, 1.54) is 11.1 Å². The van der Waals surface area contributed by atoms with Crippen LogP contribution in [0.3, 0.4) is 0 Å². The quantitative estimate of drug-likeness (QED) is 0.756. The SMILES string of the molecule is CCC1(CC)C(=O)C2CC(C)c3ccccc3C21. The van der Waals surface area contributed by atoms with E-state index in [0.717, 1.165) is 19.3 Å². The summed E-state index contributed by atoms with van der Waals surface area (Å²) in [6, 6.07) is 8.78. The second kappa shape index (κ2) is 3.94. The fraction of sp³-hybridized carbons (Fsp3) is 0.588. The van der Waals surface area contributed by atoms with Gasteiger partial charge in [-0.15, -0.1) is 0 Å². The van der Waals surface area contributed by atoms with Crippen molar-refractivity contribution in [3.8, 4) is 0 Å². The first kappa shape index (κ1) is 12.0. The molecule has 0 N–H and O–H groups in total. The summed E-state index contributed by atoms with van der Waals surface area (Å²) in [5, 5.41) is 0. The molecule has 1 nitrogen and oxygen atoms in total. The van der Waals surface area contributed by atoms with Gasteiger partial charge in [0.2, 0.25) is 0 Å². The number of ketones is 1. The lowest BCUT2D eigenvalue weighted by atomic mass is 9.44. The highest BCUT2D eigenvalue weighted by Crippen LogP contribution is 2.63. The highest BCUT2D eigenvalue weighted by atomic mass is 16.1. The molecular weight excluding hydrogens is 220 g/mol. The number of carbonyl (C=O) groups is 1. The van der Waals surface area contributed by atoms with Crippen molar-refractivity contribution >= 4 is 5.78 Å². The Hall–Kier alpha value is -1.11. The van der Waals surface area contributed by atoms with Crippen LogP contribution in [0.25, 0.3) is 0 Å². The normalized spacial score (nSPS) is 32.4. The highest BCUT2D eigenvalue weighted by molar-refractivity contribution is 5.96. The lowest BCUT2D eigenvalue weighted by Gasteiger charge is -2.57. The maximum absolute atomic E-state index is 12.5. The maximum Gasteiger partial charge on any atom is 0.143 e. The molecule has 1 saturated carbocycles. The Labute approximate surface area is 110 Å². The van der Waals surface area contributed by atoms with Crippen LogP contribution in [-0.2, 0) is 4.79 Å². The number of rotatable bonds is 2. The van der Waals surface area contributed by atoms with Gasteiger partial charge in [-0.05, 0) is 36.3 Å². The molecule has 96 valence electrons. The Morgan fingerprint density at radius 2 is 1.78 bits per heavy atom. The molecular formula is C17H22O. The van der Waals surface area contributed by atoms with Gasteiger partial charge in [0.1, 0.15) is 5.78 Å². The molecule has 1 fully saturated rings. The van der Waals surface area contributed by atoms with Gasteiger partial charge in [-0.3, -0.25) is 4.79 Å². The zero-order valence-electron chi connectivity index (χ0n) is 11.6. The number of hydrogen-bond acceptors (Lipinski definition) is 1. The number of benzene rings is 1. The fourth-order valence-electron chi connectivity index (χ4n) is 4.51. The standard InChI is InChI=1S/C17H22O/c1-4-17(5-2)15-13-9-7-6-8-12(13)11(3)10-14(15)16(17)18/h6-9,11,14-15H,4-5,10H2,1-3H3. The van der Waals surface area contributed by atoms with E-state index in [1.807, 2.05) is 0 Å². The molecule has 2 aliphatic carbocycles. The number of Topliss-reactive ketones (excluding diaryl/α,β-unsaturated/α-hetero) is 1. The molecule has 0 amide bonds. The van der Waals surface area contributed by atoms with Crippen LogP contribution in [0.5, 0.6) is 0 Å². The van der Waals surface area contributed by atoms with Crippen molar-refractivity contribution in [3.63, 3.8) is 0 Å². The van der Waals surface area contributed by atoms with Crippen LogP contribution in [-0.4, -0.2) is 5.78 Å². The van der Waals surface area contributed by atoms with E-state index in [1.54, 1.807) is 0 Å². The van der Waals surface area contributed by atoms with Crippen LogP contribution in [0.1, 0.15) is 63.0 Å². The lowest BCUT2D eigenvalue weighted by Crippen LogP contribution is -2.57. The summed E-state index contributed by atoms with van der Waals surface area (Å²) in [6.45, 7) is 6.62. The zero-order valence-corrected chi connectivity index (χ0v) is 11.6. The smallest absolute Gasteiger partial charge is 0.143 e. The first-order valence-corrected chi connectivity index (χ1v) is 7.28. The molecule has 0 radical (unpaired) electrons. The topological polar surface area (TPSA) is 17.1 Å². The predicted octanol–water partition coefficient (Wildman–Crippen LogP) is 4.28. The average molecular weight is 242 g/mol. The van der Waals surface area contributed by atoms with E-state index >= 15 is 0 Å². The molecule has 2 aliphatic rings. The molecule has 0 spiro atoms. The Balaban J connectivity index is 2.11. The summed E-state index contributed by atoms with van der Waals surface area (Å²) in [4.78, 5) is 12.5. The van der Waals surface area contributed by atoms with Crippen LogP contribution >= 0.6 is 0 Å². The first-order valence-electron chi connectivity index (χ1n) is 7.28. The van der Waals surface area contributed by atoms with Crippen molar-refractivity contribution in [2.75, 3.05) is 0 Å². The van der Waals surface area contributed by atoms with Crippen molar-refractivity contribution in [2.24, 2.45) is 11.3 Å². The van der Waals surface area contributed by atoms with Gasteiger partial charge in [0.15, 0.2) is 0 Å². The van der Waals surface area contributed by atoms with Gasteiger partial charge in [0, 0.05) is 17.3 Å². The van der Waals surface area contributed by atoms with Crippen LogP contribution < -0.4 is 0 Å². The minimum absolute atomic E-state index is 0.0547. The molecule has 0 aromatic heterocycles.